The molecule has 1 saturated heterocycles. The predicted octanol–water partition coefficient (Wildman–Crippen LogP) is -1.05. The molecule has 0 saturated carbocycles. The molecule has 0 aromatic rings. The minimum absolute atomic E-state index is 0.137. The normalized spacial score (nSPS) is 21.1. The number of ether oxygens (including phenoxy) is 2. The Morgan fingerprint density at radius 3 is 2.67 bits per heavy atom. The number of rotatable bonds is 8. The lowest BCUT2D eigenvalue weighted by Crippen LogP contribution is -2.53. The van der Waals surface area contributed by atoms with Gasteiger partial charge < -0.3 is 14.6 Å². The van der Waals surface area contributed by atoms with Crippen LogP contribution >= 0.6 is 0 Å². The van der Waals surface area contributed by atoms with Gasteiger partial charge in [0.15, 0.2) is 0 Å². The zero-order valence-electron chi connectivity index (χ0n) is 11.9. The first kappa shape index (κ1) is 17.8. The minimum Gasteiger partial charge on any atom is -0.480 e. The molecule has 2 unspecified atom stereocenters. The molecule has 21 heavy (non-hydrogen) atoms. The van der Waals surface area contributed by atoms with E-state index in [9.17, 15) is 18.0 Å². The molecule has 9 nitrogen and oxygen atoms in total. The van der Waals surface area contributed by atoms with Gasteiger partial charge >= 0.3 is 11.9 Å². The smallest absolute Gasteiger partial charge is 0.324 e. The molecule has 1 fully saturated rings. The fourth-order valence-corrected chi connectivity index (χ4v) is 3.63. The first-order valence-corrected chi connectivity index (χ1v) is 7.95. The van der Waals surface area contributed by atoms with Gasteiger partial charge in [-0.2, -0.15) is 17.4 Å². The van der Waals surface area contributed by atoms with Gasteiger partial charge in [-0.05, 0) is 19.8 Å². The van der Waals surface area contributed by atoms with Gasteiger partial charge in [0.25, 0.3) is 10.2 Å². The lowest BCUT2D eigenvalue weighted by molar-refractivity contribution is -0.146. The largest absolute Gasteiger partial charge is 0.480 e. The number of aliphatic carboxylic acids is 1. The summed E-state index contributed by atoms with van der Waals surface area (Å²) >= 11 is 0. The van der Waals surface area contributed by atoms with E-state index in [0.717, 1.165) is 4.31 Å². The average molecular weight is 324 g/mol. The van der Waals surface area contributed by atoms with Gasteiger partial charge in [-0.15, -0.1) is 0 Å². The number of esters is 1. The third-order valence-electron chi connectivity index (χ3n) is 2.99. The average Bonchev–Trinajstić information content (AvgIpc) is 2.88. The van der Waals surface area contributed by atoms with Crippen molar-refractivity contribution >= 4 is 22.1 Å². The van der Waals surface area contributed by atoms with E-state index in [4.69, 9.17) is 9.84 Å². The van der Waals surface area contributed by atoms with Crippen LogP contribution in [0.5, 0.6) is 0 Å². The van der Waals surface area contributed by atoms with Gasteiger partial charge in [-0.1, -0.05) is 0 Å². The van der Waals surface area contributed by atoms with Crippen LogP contribution in [0.15, 0.2) is 0 Å². The topological polar surface area (TPSA) is 122 Å². The summed E-state index contributed by atoms with van der Waals surface area (Å²) in [5, 5.41) is 8.95. The molecule has 0 bridgehead atoms. The van der Waals surface area contributed by atoms with Crippen molar-refractivity contribution < 1.29 is 32.6 Å². The second kappa shape index (κ2) is 7.69. The summed E-state index contributed by atoms with van der Waals surface area (Å²) in [7, 11) is -2.85. The van der Waals surface area contributed by atoms with Crippen LogP contribution in [0.4, 0.5) is 0 Å². The van der Waals surface area contributed by atoms with Crippen LogP contribution in [-0.2, 0) is 29.3 Å². The van der Waals surface area contributed by atoms with Crippen molar-refractivity contribution in [3.63, 3.8) is 0 Å². The Labute approximate surface area is 123 Å². The Morgan fingerprint density at radius 2 is 2.14 bits per heavy atom. The molecule has 0 aromatic carbocycles. The fraction of sp³-hybridized carbons (Fsp3) is 0.818. The summed E-state index contributed by atoms with van der Waals surface area (Å²) < 4.78 is 36.9. The number of nitrogens with zero attached hydrogens (tertiary/aromatic N) is 1. The zero-order chi connectivity index (χ0) is 16.0. The van der Waals surface area contributed by atoms with Crippen molar-refractivity contribution in [1.29, 1.82) is 0 Å². The second-order valence-electron chi connectivity index (χ2n) is 4.49. The van der Waals surface area contributed by atoms with Gasteiger partial charge in [0.2, 0.25) is 0 Å². The Hall–Kier alpha value is -1.23. The quantitative estimate of drug-likeness (QED) is 0.546. The lowest BCUT2D eigenvalue weighted by Gasteiger charge is -2.24. The van der Waals surface area contributed by atoms with Crippen molar-refractivity contribution in [1.82, 2.24) is 9.03 Å². The van der Waals surface area contributed by atoms with Gasteiger partial charge in [-0.25, -0.2) is 0 Å². The van der Waals surface area contributed by atoms with E-state index < -0.39 is 34.2 Å². The van der Waals surface area contributed by atoms with E-state index in [1.165, 1.54) is 7.11 Å². The van der Waals surface area contributed by atoms with E-state index in [-0.39, 0.29) is 19.8 Å². The highest BCUT2D eigenvalue weighted by Crippen LogP contribution is 2.21. The summed E-state index contributed by atoms with van der Waals surface area (Å²) in [6, 6.07) is -2.33. The second-order valence-corrected chi connectivity index (χ2v) is 6.14. The molecule has 1 aliphatic rings. The summed E-state index contributed by atoms with van der Waals surface area (Å²) in [6.07, 6.45) is 0.855. The number of hydrogen-bond donors (Lipinski definition) is 2. The van der Waals surface area contributed by atoms with E-state index in [1.807, 2.05) is 4.72 Å². The van der Waals surface area contributed by atoms with E-state index in [0.29, 0.717) is 12.8 Å². The number of carbonyl (C=O) groups excluding carboxylic acids is 1. The standard InChI is InChI=1S/C11H20N2O7S/c1-3-20-11(16)9-5-4-6-13(9)21(17,18)12-8(7-19-2)10(14)15/h8-9,12H,3-7H2,1-2H3,(H,14,15). The first-order chi connectivity index (χ1) is 9.83. The SMILES string of the molecule is CCOC(=O)C1CCCN1S(=O)(=O)NC(COC)C(=O)O. The molecule has 0 aliphatic carbocycles. The van der Waals surface area contributed by atoms with E-state index in [1.54, 1.807) is 6.92 Å². The summed E-state index contributed by atoms with van der Waals surface area (Å²) in [4.78, 5) is 22.7. The molecule has 1 rings (SSSR count). The van der Waals surface area contributed by atoms with Crippen molar-refractivity contribution in [2.75, 3.05) is 26.9 Å². The molecule has 0 spiro atoms. The lowest BCUT2D eigenvalue weighted by atomic mass is 10.2. The highest BCUT2D eigenvalue weighted by atomic mass is 32.2. The van der Waals surface area contributed by atoms with Crippen LogP contribution in [0.25, 0.3) is 0 Å². The molecule has 1 aliphatic heterocycles. The first-order valence-electron chi connectivity index (χ1n) is 6.51. The van der Waals surface area contributed by atoms with Crippen LogP contribution in [0.1, 0.15) is 19.8 Å². The molecule has 0 aromatic heterocycles. The summed E-state index contributed by atoms with van der Waals surface area (Å²) in [6.45, 7) is 1.60. The van der Waals surface area contributed by atoms with Crippen LogP contribution in [0, 0.1) is 0 Å². The monoisotopic (exact) mass is 324 g/mol. The Bertz CT molecular complexity index is 479. The summed E-state index contributed by atoms with van der Waals surface area (Å²) in [5.74, 6) is -1.98. The fourth-order valence-electron chi connectivity index (χ4n) is 2.07. The summed E-state index contributed by atoms with van der Waals surface area (Å²) in [5.41, 5.74) is 0. The Morgan fingerprint density at radius 1 is 1.48 bits per heavy atom. The van der Waals surface area contributed by atoms with Crippen molar-refractivity contribution in [3.05, 3.63) is 0 Å². The maximum absolute atomic E-state index is 12.2. The van der Waals surface area contributed by atoms with Crippen molar-refractivity contribution in [3.8, 4) is 0 Å². The highest BCUT2D eigenvalue weighted by molar-refractivity contribution is 7.87. The predicted molar refractivity (Wildman–Crippen MR) is 71.7 cm³/mol. The van der Waals surface area contributed by atoms with Crippen LogP contribution in [0.3, 0.4) is 0 Å². The third-order valence-corrected chi connectivity index (χ3v) is 4.63. The van der Waals surface area contributed by atoms with Crippen LogP contribution in [0.2, 0.25) is 0 Å². The number of carbonyl (C=O) groups is 2. The Kier molecular flexibility index (Phi) is 6.52. The molecule has 2 N–H and O–H groups in total. The van der Waals surface area contributed by atoms with Crippen LogP contribution in [-0.4, -0.2) is 68.7 Å². The number of methoxy groups -OCH3 is 1. The maximum Gasteiger partial charge on any atom is 0.324 e. The molecule has 10 heteroatoms. The van der Waals surface area contributed by atoms with Crippen LogP contribution < -0.4 is 4.72 Å². The van der Waals surface area contributed by atoms with E-state index in [2.05, 4.69) is 4.74 Å². The molecular weight excluding hydrogens is 304 g/mol. The molecule has 0 amide bonds. The van der Waals surface area contributed by atoms with Crippen molar-refractivity contribution in [2.24, 2.45) is 0 Å². The number of hydrogen-bond acceptors (Lipinski definition) is 6. The van der Waals surface area contributed by atoms with Gasteiger partial charge in [0.1, 0.15) is 12.1 Å². The van der Waals surface area contributed by atoms with Gasteiger partial charge in [0.05, 0.1) is 13.2 Å². The number of nitrogens with one attached hydrogen (secondary N) is 1. The van der Waals surface area contributed by atoms with Crippen molar-refractivity contribution in [2.45, 2.75) is 31.8 Å². The third kappa shape index (κ3) is 4.63. The molecule has 1 heterocycles. The van der Waals surface area contributed by atoms with Gasteiger partial charge in [0, 0.05) is 13.7 Å². The minimum atomic E-state index is -4.12. The Balaban J connectivity index is 2.85. The molecular formula is C11H20N2O7S. The molecule has 0 radical (unpaired) electrons. The van der Waals surface area contributed by atoms with Gasteiger partial charge in [-0.3, -0.25) is 9.59 Å². The number of carboxylic acids is 1. The zero-order valence-corrected chi connectivity index (χ0v) is 12.8. The molecule has 122 valence electrons. The van der Waals surface area contributed by atoms with E-state index >= 15 is 0 Å². The maximum atomic E-state index is 12.2. The number of carboxylic acid groups (broad SMARTS) is 1. The molecule has 2 atom stereocenters. The highest BCUT2D eigenvalue weighted by Gasteiger charge is 2.41.